The first kappa shape index (κ1) is 25.2. The van der Waals surface area contributed by atoms with E-state index in [0.29, 0.717) is 38.2 Å². The highest BCUT2D eigenvalue weighted by Gasteiger charge is 2.29. The van der Waals surface area contributed by atoms with Gasteiger partial charge in [-0.1, -0.05) is 0 Å². The fourth-order valence-electron chi connectivity index (χ4n) is 3.60. The van der Waals surface area contributed by atoms with Crippen molar-refractivity contribution >= 4 is 11.8 Å². The van der Waals surface area contributed by atoms with Gasteiger partial charge in [0.2, 0.25) is 5.91 Å². The monoisotopic (exact) mass is 437 g/mol. The average Bonchev–Trinajstić information content (AvgIpc) is 2.75. The molecular weight excluding hydrogens is 402 g/mol. The van der Waals surface area contributed by atoms with Crippen molar-refractivity contribution in [2.45, 2.75) is 51.4 Å². The van der Waals surface area contributed by atoms with Gasteiger partial charge in [-0.2, -0.15) is 0 Å². The minimum atomic E-state index is -1.18. The van der Waals surface area contributed by atoms with Gasteiger partial charge in [0, 0.05) is 64.3 Å². The van der Waals surface area contributed by atoms with Crippen molar-refractivity contribution in [2.24, 2.45) is 0 Å². The Morgan fingerprint density at radius 1 is 1.16 bits per heavy atom. The molecule has 0 radical (unpaired) electrons. The van der Waals surface area contributed by atoms with Crippen molar-refractivity contribution in [3.05, 3.63) is 29.6 Å². The molecule has 9 nitrogen and oxygen atoms in total. The Hall–Kier alpha value is -2.07. The third kappa shape index (κ3) is 7.84. The summed E-state index contributed by atoms with van der Waals surface area (Å²) in [5.74, 6) is -0.224. The number of carbonyl (C=O) groups is 2. The summed E-state index contributed by atoms with van der Waals surface area (Å²) < 4.78 is 10.8. The lowest BCUT2D eigenvalue weighted by molar-refractivity contribution is -0.136. The second-order valence-electron chi connectivity index (χ2n) is 7.91. The summed E-state index contributed by atoms with van der Waals surface area (Å²) in [5, 5.41) is 20.6. The number of hydrogen-bond donors (Lipinski definition) is 2. The van der Waals surface area contributed by atoms with Crippen LogP contribution in [0.1, 0.15) is 42.2 Å². The van der Waals surface area contributed by atoms with Crippen LogP contribution < -0.4 is 0 Å². The minimum Gasteiger partial charge on any atom is -0.388 e. The van der Waals surface area contributed by atoms with Gasteiger partial charge >= 0.3 is 0 Å². The van der Waals surface area contributed by atoms with Gasteiger partial charge in [-0.3, -0.25) is 14.6 Å². The van der Waals surface area contributed by atoms with Crippen molar-refractivity contribution in [1.82, 2.24) is 14.8 Å². The van der Waals surface area contributed by atoms with E-state index < -0.39 is 18.3 Å². The second-order valence-corrected chi connectivity index (χ2v) is 7.91. The Balaban J connectivity index is 2.14. The molecule has 2 heterocycles. The lowest BCUT2D eigenvalue weighted by Gasteiger charge is -2.31. The number of carbonyl (C=O) groups excluding carboxylic acids is 2. The molecular formula is C22H35N3O6. The summed E-state index contributed by atoms with van der Waals surface area (Å²) >= 11 is 0. The number of methoxy groups -OCH3 is 1. The van der Waals surface area contributed by atoms with E-state index in [-0.39, 0.29) is 25.0 Å². The van der Waals surface area contributed by atoms with Crippen LogP contribution in [0.4, 0.5) is 0 Å². The van der Waals surface area contributed by atoms with Crippen molar-refractivity contribution in [3.63, 3.8) is 0 Å². The standard InChI is InChI=1S/C22H35N3O6/c1-16-13-18(7-8-23-16)22(29)24-9-4-5-12-31-15-19(27)21(28)20(30-3)14-25(17(2)26)11-6-10-24/h7-8,13,19-21,27-28H,4-6,9-12,14-15H2,1-3H3/t19-,20-,21-/m0/s1. The second kappa shape index (κ2) is 12.7. The highest BCUT2D eigenvalue weighted by Crippen LogP contribution is 2.12. The Morgan fingerprint density at radius 3 is 2.55 bits per heavy atom. The maximum absolute atomic E-state index is 13.0. The summed E-state index contributed by atoms with van der Waals surface area (Å²) in [5.41, 5.74) is 1.37. The number of aryl methyl sites for hydroxylation is 1. The van der Waals surface area contributed by atoms with Gasteiger partial charge in [0.05, 0.1) is 6.61 Å². The fraction of sp³-hybridized carbons (Fsp3) is 0.682. The van der Waals surface area contributed by atoms with Gasteiger partial charge < -0.3 is 29.5 Å². The predicted molar refractivity (Wildman–Crippen MR) is 115 cm³/mol. The molecule has 1 aliphatic heterocycles. The fourth-order valence-corrected chi connectivity index (χ4v) is 3.60. The highest BCUT2D eigenvalue weighted by molar-refractivity contribution is 5.94. The number of hydrogen-bond acceptors (Lipinski definition) is 7. The minimum absolute atomic E-state index is 0.0277. The quantitative estimate of drug-likeness (QED) is 0.697. The summed E-state index contributed by atoms with van der Waals surface area (Å²) in [6, 6.07) is 3.48. The molecule has 0 spiro atoms. The van der Waals surface area contributed by atoms with Crippen molar-refractivity contribution in [2.75, 3.05) is 46.5 Å². The molecule has 0 saturated carbocycles. The molecule has 0 unspecified atom stereocenters. The molecule has 1 saturated heterocycles. The van der Waals surface area contributed by atoms with E-state index in [4.69, 9.17) is 9.47 Å². The van der Waals surface area contributed by atoms with E-state index >= 15 is 0 Å². The summed E-state index contributed by atoms with van der Waals surface area (Å²) in [6.45, 7) is 5.30. The zero-order valence-corrected chi connectivity index (χ0v) is 18.7. The lowest BCUT2D eigenvalue weighted by Crippen LogP contribution is -2.48. The SMILES string of the molecule is CO[C@H]1CN(C(C)=O)CCCN(C(=O)c2ccnc(C)c2)CCCCOC[C@H](O)[C@@H]1O. The van der Waals surface area contributed by atoms with Crippen LogP contribution in [0, 0.1) is 6.92 Å². The Kier molecular flexibility index (Phi) is 10.3. The number of aromatic nitrogens is 1. The molecule has 9 heteroatoms. The molecule has 3 atom stereocenters. The van der Waals surface area contributed by atoms with Gasteiger partial charge in [-0.15, -0.1) is 0 Å². The molecule has 1 aromatic heterocycles. The summed E-state index contributed by atoms with van der Waals surface area (Å²) in [6.07, 6.45) is 0.636. The number of amides is 2. The highest BCUT2D eigenvalue weighted by atomic mass is 16.5. The van der Waals surface area contributed by atoms with E-state index in [0.717, 1.165) is 18.5 Å². The first-order valence-electron chi connectivity index (χ1n) is 10.8. The van der Waals surface area contributed by atoms with Crippen LogP contribution in [-0.2, 0) is 14.3 Å². The molecule has 31 heavy (non-hydrogen) atoms. The van der Waals surface area contributed by atoms with E-state index in [1.165, 1.54) is 14.0 Å². The summed E-state index contributed by atoms with van der Waals surface area (Å²) in [7, 11) is 1.44. The molecule has 2 rings (SSSR count). The van der Waals surface area contributed by atoms with Crippen molar-refractivity contribution in [3.8, 4) is 0 Å². The van der Waals surface area contributed by atoms with Crippen molar-refractivity contribution in [1.29, 1.82) is 0 Å². The number of aliphatic hydroxyl groups excluding tert-OH is 2. The van der Waals surface area contributed by atoms with Gasteiger partial charge in [0.25, 0.3) is 5.91 Å². The average molecular weight is 438 g/mol. The topological polar surface area (TPSA) is 112 Å². The zero-order valence-electron chi connectivity index (χ0n) is 18.7. The van der Waals surface area contributed by atoms with Gasteiger partial charge in [0.15, 0.2) is 0 Å². The molecule has 174 valence electrons. The largest absolute Gasteiger partial charge is 0.388 e. The van der Waals surface area contributed by atoms with E-state index in [1.54, 1.807) is 28.1 Å². The molecule has 0 aliphatic carbocycles. The van der Waals surface area contributed by atoms with Crippen LogP contribution in [0.2, 0.25) is 0 Å². The van der Waals surface area contributed by atoms with E-state index in [2.05, 4.69) is 4.98 Å². The third-order valence-electron chi connectivity index (χ3n) is 5.47. The molecule has 0 aromatic carbocycles. The van der Waals surface area contributed by atoms with Crippen molar-refractivity contribution < 1.29 is 29.3 Å². The van der Waals surface area contributed by atoms with E-state index in [1.807, 2.05) is 6.92 Å². The molecule has 1 aromatic rings. The number of nitrogens with zero attached hydrogens (tertiary/aromatic N) is 3. The van der Waals surface area contributed by atoms with Gasteiger partial charge in [-0.25, -0.2) is 0 Å². The number of ether oxygens (including phenoxy) is 2. The Morgan fingerprint density at radius 2 is 1.87 bits per heavy atom. The maximum Gasteiger partial charge on any atom is 0.253 e. The zero-order chi connectivity index (χ0) is 22.8. The van der Waals surface area contributed by atoms with E-state index in [9.17, 15) is 19.8 Å². The van der Waals surface area contributed by atoms with Crippen LogP contribution in [0.15, 0.2) is 18.3 Å². The number of rotatable bonds is 2. The van der Waals surface area contributed by atoms with Crippen LogP contribution in [0.5, 0.6) is 0 Å². The number of pyridine rings is 1. The molecule has 1 aliphatic rings. The first-order valence-corrected chi connectivity index (χ1v) is 10.8. The first-order chi connectivity index (χ1) is 14.8. The summed E-state index contributed by atoms with van der Waals surface area (Å²) in [4.78, 5) is 32.7. The Labute approximate surface area is 184 Å². The normalized spacial score (nSPS) is 24.9. The lowest BCUT2D eigenvalue weighted by atomic mass is 10.1. The van der Waals surface area contributed by atoms with Crippen LogP contribution in [0.3, 0.4) is 0 Å². The third-order valence-corrected chi connectivity index (χ3v) is 5.47. The van der Waals surface area contributed by atoms with Gasteiger partial charge in [0.1, 0.15) is 18.3 Å². The molecule has 2 N–H and O–H groups in total. The molecule has 0 bridgehead atoms. The van der Waals surface area contributed by atoms with Crippen LogP contribution in [0.25, 0.3) is 0 Å². The van der Waals surface area contributed by atoms with Crippen LogP contribution >= 0.6 is 0 Å². The smallest absolute Gasteiger partial charge is 0.253 e. The maximum atomic E-state index is 13.0. The number of aliphatic hydroxyl groups is 2. The van der Waals surface area contributed by atoms with Crippen LogP contribution in [-0.4, -0.2) is 102 Å². The van der Waals surface area contributed by atoms with Gasteiger partial charge in [-0.05, 0) is 38.3 Å². The molecule has 2 amide bonds. The predicted octanol–water partition coefficient (Wildman–Crippen LogP) is 0.618. The Bertz CT molecular complexity index is 716. The molecule has 1 fully saturated rings.